The molecule has 0 aliphatic carbocycles. The normalized spacial score (nSPS) is 14.6. The molecule has 0 heterocycles. The second kappa shape index (κ2) is 5.45. The number of nitrogens with zero attached hydrogens (tertiary/aromatic N) is 1. The van der Waals surface area contributed by atoms with Crippen molar-refractivity contribution in [2.45, 2.75) is 25.2 Å². The molecule has 0 saturated heterocycles. The molecular formula is C11H11F3N2O4. The van der Waals surface area contributed by atoms with Gasteiger partial charge in [0, 0.05) is 18.7 Å². The molecule has 1 atom stereocenters. The minimum atomic E-state index is -4.97. The van der Waals surface area contributed by atoms with Gasteiger partial charge in [0.2, 0.25) is 5.54 Å². The molecule has 0 bridgehead atoms. The molecule has 0 aliphatic rings. The maximum Gasteiger partial charge on any atom is 0.417 e. The third kappa shape index (κ3) is 3.23. The van der Waals surface area contributed by atoms with Crippen LogP contribution in [0.2, 0.25) is 0 Å². The maximum atomic E-state index is 12.7. The van der Waals surface area contributed by atoms with Crippen molar-refractivity contribution in [3.8, 4) is 0 Å². The summed E-state index contributed by atoms with van der Waals surface area (Å²) < 4.78 is 38.1. The van der Waals surface area contributed by atoms with Crippen molar-refractivity contribution in [1.29, 1.82) is 0 Å². The van der Waals surface area contributed by atoms with E-state index in [4.69, 9.17) is 5.11 Å². The summed E-state index contributed by atoms with van der Waals surface area (Å²) in [7, 11) is 0. The van der Waals surface area contributed by atoms with Gasteiger partial charge in [-0.15, -0.1) is 0 Å². The summed E-state index contributed by atoms with van der Waals surface area (Å²) in [5, 5.41) is 21.0. The van der Waals surface area contributed by atoms with Gasteiger partial charge in [0.05, 0.1) is 4.92 Å². The average molecular weight is 292 g/mol. The fraction of sp³-hybridized carbons (Fsp3) is 0.364. The van der Waals surface area contributed by atoms with Crippen LogP contribution in [0.3, 0.4) is 0 Å². The van der Waals surface area contributed by atoms with Crippen LogP contribution in [0, 0.1) is 10.1 Å². The number of nitro groups is 1. The van der Waals surface area contributed by atoms with Crippen LogP contribution in [0.4, 0.5) is 18.9 Å². The van der Waals surface area contributed by atoms with Gasteiger partial charge < -0.3 is 5.11 Å². The van der Waals surface area contributed by atoms with E-state index in [-0.39, 0.29) is 12.2 Å². The van der Waals surface area contributed by atoms with Crippen molar-refractivity contribution in [2.75, 3.05) is 0 Å². The summed E-state index contributed by atoms with van der Waals surface area (Å²) in [4.78, 5) is 20.5. The molecule has 0 radical (unpaired) electrons. The maximum absolute atomic E-state index is 12.7. The minimum absolute atomic E-state index is 0.203. The van der Waals surface area contributed by atoms with Gasteiger partial charge in [-0.1, -0.05) is 12.1 Å². The minimum Gasteiger partial charge on any atom is -0.480 e. The van der Waals surface area contributed by atoms with E-state index in [1.807, 2.05) is 5.32 Å². The number of carboxylic acid groups (broad SMARTS) is 1. The number of nitro benzene ring substituents is 1. The molecule has 0 aliphatic heterocycles. The summed E-state index contributed by atoms with van der Waals surface area (Å²) in [6, 6.07) is 4.76. The Kier molecular flexibility index (Phi) is 4.33. The topological polar surface area (TPSA) is 92.5 Å². The van der Waals surface area contributed by atoms with E-state index < -0.39 is 22.6 Å². The number of halogens is 3. The average Bonchev–Trinajstić information content (AvgIpc) is 2.34. The lowest BCUT2D eigenvalue weighted by Crippen LogP contribution is -2.59. The Morgan fingerprint density at radius 2 is 1.85 bits per heavy atom. The van der Waals surface area contributed by atoms with Crippen LogP contribution in [-0.2, 0) is 11.3 Å². The summed E-state index contributed by atoms with van der Waals surface area (Å²) in [6.07, 6.45) is -4.97. The number of benzene rings is 1. The zero-order valence-electron chi connectivity index (χ0n) is 10.3. The van der Waals surface area contributed by atoms with E-state index in [1.54, 1.807) is 0 Å². The number of rotatable bonds is 5. The van der Waals surface area contributed by atoms with Gasteiger partial charge in [-0.05, 0) is 12.5 Å². The molecule has 110 valence electrons. The monoisotopic (exact) mass is 292 g/mol. The van der Waals surface area contributed by atoms with Gasteiger partial charge in [-0.3, -0.25) is 15.4 Å². The van der Waals surface area contributed by atoms with E-state index >= 15 is 0 Å². The quantitative estimate of drug-likeness (QED) is 0.640. The van der Waals surface area contributed by atoms with E-state index in [0.717, 1.165) is 12.1 Å². The van der Waals surface area contributed by atoms with Gasteiger partial charge in [0.1, 0.15) is 0 Å². The van der Waals surface area contributed by atoms with Crippen molar-refractivity contribution in [1.82, 2.24) is 5.32 Å². The third-order valence-electron chi connectivity index (χ3n) is 2.79. The van der Waals surface area contributed by atoms with Gasteiger partial charge >= 0.3 is 12.1 Å². The van der Waals surface area contributed by atoms with Crippen molar-refractivity contribution >= 4 is 11.7 Å². The standard InChI is InChI=1S/C11H11F3N2O4/c1-10(9(17)18,11(12,13)14)15-6-7-2-4-8(5-3-7)16(19)20/h2-5,15H,6H2,1H3,(H,17,18). The van der Waals surface area contributed by atoms with Gasteiger partial charge in [-0.25, -0.2) is 4.79 Å². The second-order valence-corrected chi connectivity index (χ2v) is 4.21. The molecule has 2 N–H and O–H groups in total. The molecular weight excluding hydrogens is 281 g/mol. The molecule has 1 unspecified atom stereocenters. The Hall–Kier alpha value is -2.16. The molecule has 0 amide bonds. The molecule has 9 heteroatoms. The summed E-state index contributed by atoms with van der Waals surface area (Å²) in [6.45, 7) is 0.126. The summed E-state index contributed by atoms with van der Waals surface area (Å²) in [5.74, 6) is -2.05. The van der Waals surface area contributed by atoms with Crippen LogP contribution in [-0.4, -0.2) is 27.7 Å². The van der Waals surface area contributed by atoms with Gasteiger partial charge in [0.15, 0.2) is 0 Å². The first kappa shape index (κ1) is 15.9. The number of aliphatic carboxylic acids is 1. The highest BCUT2D eigenvalue weighted by Gasteiger charge is 2.57. The Bertz CT molecular complexity index is 515. The molecule has 0 fully saturated rings. The summed E-state index contributed by atoms with van der Waals surface area (Å²) >= 11 is 0. The van der Waals surface area contributed by atoms with Gasteiger partial charge in [-0.2, -0.15) is 13.2 Å². The first-order valence-electron chi connectivity index (χ1n) is 5.36. The van der Waals surface area contributed by atoms with Crippen LogP contribution in [0.25, 0.3) is 0 Å². The van der Waals surface area contributed by atoms with Crippen LogP contribution in [0.1, 0.15) is 12.5 Å². The van der Waals surface area contributed by atoms with Crippen LogP contribution in [0.15, 0.2) is 24.3 Å². The lowest BCUT2D eigenvalue weighted by atomic mass is 10.0. The highest BCUT2D eigenvalue weighted by atomic mass is 19.4. The SMILES string of the molecule is CC(NCc1ccc([N+](=O)[O-])cc1)(C(=O)O)C(F)(F)F. The Morgan fingerprint density at radius 1 is 1.35 bits per heavy atom. The number of hydrogen-bond donors (Lipinski definition) is 2. The van der Waals surface area contributed by atoms with Crippen LogP contribution >= 0.6 is 0 Å². The zero-order chi connectivity index (χ0) is 15.6. The highest BCUT2D eigenvalue weighted by molar-refractivity contribution is 5.79. The fourth-order valence-corrected chi connectivity index (χ4v) is 1.31. The lowest BCUT2D eigenvalue weighted by Gasteiger charge is -2.28. The van der Waals surface area contributed by atoms with E-state index in [9.17, 15) is 28.1 Å². The number of carbonyl (C=O) groups is 1. The van der Waals surface area contributed by atoms with Crippen molar-refractivity contribution in [3.63, 3.8) is 0 Å². The Morgan fingerprint density at radius 3 is 2.20 bits per heavy atom. The number of carboxylic acids is 1. The molecule has 0 aromatic heterocycles. The molecule has 1 aromatic rings. The van der Waals surface area contributed by atoms with E-state index in [2.05, 4.69) is 0 Å². The molecule has 0 spiro atoms. The molecule has 0 saturated carbocycles. The first-order valence-corrected chi connectivity index (χ1v) is 5.36. The predicted molar refractivity (Wildman–Crippen MR) is 62.0 cm³/mol. The number of non-ortho nitro benzene ring substituents is 1. The van der Waals surface area contributed by atoms with Gasteiger partial charge in [0.25, 0.3) is 5.69 Å². The predicted octanol–water partition coefficient (Wildman–Crippen LogP) is 2.09. The number of alkyl halides is 3. The van der Waals surface area contributed by atoms with Crippen molar-refractivity contribution in [3.05, 3.63) is 39.9 Å². The zero-order valence-corrected chi connectivity index (χ0v) is 10.3. The van der Waals surface area contributed by atoms with Crippen molar-refractivity contribution < 1.29 is 28.0 Å². The Labute approximate surface area is 111 Å². The lowest BCUT2D eigenvalue weighted by molar-refractivity contribution is -0.384. The molecule has 20 heavy (non-hydrogen) atoms. The third-order valence-corrected chi connectivity index (χ3v) is 2.79. The largest absolute Gasteiger partial charge is 0.480 e. The molecule has 6 nitrogen and oxygen atoms in total. The van der Waals surface area contributed by atoms with E-state index in [1.165, 1.54) is 12.1 Å². The molecule has 1 aromatic carbocycles. The van der Waals surface area contributed by atoms with Crippen LogP contribution in [0.5, 0.6) is 0 Å². The highest BCUT2D eigenvalue weighted by Crippen LogP contribution is 2.30. The Balaban J connectivity index is 2.84. The first-order chi connectivity index (χ1) is 9.08. The second-order valence-electron chi connectivity index (χ2n) is 4.21. The number of hydrogen-bond acceptors (Lipinski definition) is 4. The smallest absolute Gasteiger partial charge is 0.417 e. The van der Waals surface area contributed by atoms with E-state index in [0.29, 0.717) is 12.5 Å². The van der Waals surface area contributed by atoms with Crippen molar-refractivity contribution in [2.24, 2.45) is 0 Å². The number of nitrogens with one attached hydrogen (secondary N) is 1. The molecule has 1 rings (SSSR count). The fourth-order valence-electron chi connectivity index (χ4n) is 1.31. The van der Waals surface area contributed by atoms with Crippen LogP contribution < -0.4 is 5.32 Å². The summed E-state index contributed by atoms with van der Waals surface area (Å²) in [5.41, 5.74) is -2.99.